The number of aryl methyl sites for hydroxylation is 2. The molecule has 6 nitrogen and oxygen atoms in total. The fourth-order valence-corrected chi connectivity index (χ4v) is 2.92. The van der Waals surface area contributed by atoms with Gasteiger partial charge in [-0.2, -0.15) is 0 Å². The van der Waals surface area contributed by atoms with E-state index < -0.39 is 6.04 Å². The third-order valence-corrected chi connectivity index (χ3v) is 4.06. The first-order valence-corrected chi connectivity index (χ1v) is 7.73. The van der Waals surface area contributed by atoms with Gasteiger partial charge in [0.25, 0.3) is 0 Å². The van der Waals surface area contributed by atoms with Crippen LogP contribution in [0.25, 0.3) is 11.0 Å². The van der Waals surface area contributed by atoms with Gasteiger partial charge in [-0.15, -0.1) is 0 Å². The average molecular weight is 302 g/mol. The van der Waals surface area contributed by atoms with Gasteiger partial charge in [-0.05, 0) is 31.0 Å². The van der Waals surface area contributed by atoms with E-state index in [2.05, 4.69) is 9.88 Å². The van der Waals surface area contributed by atoms with Crippen molar-refractivity contribution in [2.45, 2.75) is 38.3 Å². The van der Waals surface area contributed by atoms with Crippen LogP contribution in [0.15, 0.2) is 18.2 Å². The fraction of sp³-hybridized carbons (Fsp3) is 0.500. The molecule has 3 rings (SSSR count). The van der Waals surface area contributed by atoms with Gasteiger partial charge in [0, 0.05) is 25.8 Å². The highest BCUT2D eigenvalue weighted by molar-refractivity contribution is 5.96. The van der Waals surface area contributed by atoms with Gasteiger partial charge in [0.1, 0.15) is 11.9 Å². The van der Waals surface area contributed by atoms with Crippen LogP contribution in [0, 0.1) is 0 Å². The Hall–Kier alpha value is -1.92. The lowest BCUT2D eigenvalue weighted by Crippen LogP contribution is -2.39. The Kier molecular flexibility index (Phi) is 4.40. The van der Waals surface area contributed by atoms with E-state index in [-0.39, 0.29) is 12.5 Å². The molecule has 118 valence electrons. The number of amides is 1. The summed E-state index contributed by atoms with van der Waals surface area (Å²) in [5.41, 5.74) is 8.51. The molecule has 0 fully saturated rings. The van der Waals surface area contributed by atoms with Gasteiger partial charge in [0.15, 0.2) is 0 Å². The summed E-state index contributed by atoms with van der Waals surface area (Å²) in [6.07, 6.45) is 4.67. The highest BCUT2D eigenvalue weighted by Gasteiger charge is 2.16. The lowest BCUT2D eigenvalue weighted by molar-refractivity contribution is -0.118. The molecule has 1 aromatic heterocycles. The number of imidazole rings is 1. The third kappa shape index (κ3) is 2.98. The molecule has 0 saturated heterocycles. The van der Waals surface area contributed by atoms with Crippen LogP contribution in [-0.2, 0) is 22.5 Å². The number of hydrogen-bond acceptors (Lipinski definition) is 4. The number of benzene rings is 1. The largest absolute Gasteiger partial charge is 0.383 e. The fourth-order valence-electron chi connectivity index (χ4n) is 2.92. The maximum absolute atomic E-state index is 11.9. The van der Waals surface area contributed by atoms with Crippen molar-refractivity contribution >= 4 is 22.6 Å². The first-order chi connectivity index (χ1) is 10.7. The van der Waals surface area contributed by atoms with Crippen molar-refractivity contribution in [3.63, 3.8) is 0 Å². The second kappa shape index (κ2) is 6.46. The number of ether oxygens (including phenoxy) is 1. The summed E-state index contributed by atoms with van der Waals surface area (Å²) in [5.74, 6) is 0.897. The van der Waals surface area contributed by atoms with Crippen LogP contribution in [0.3, 0.4) is 0 Å². The zero-order chi connectivity index (χ0) is 15.5. The van der Waals surface area contributed by atoms with Gasteiger partial charge < -0.3 is 20.4 Å². The van der Waals surface area contributed by atoms with Crippen LogP contribution < -0.4 is 11.1 Å². The minimum atomic E-state index is -0.667. The van der Waals surface area contributed by atoms with E-state index >= 15 is 0 Å². The van der Waals surface area contributed by atoms with Crippen LogP contribution in [0.5, 0.6) is 0 Å². The summed E-state index contributed by atoms with van der Waals surface area (Å²) in [6.45, 7) is 1.23. The number of methoxy groups -OCH3 is 1. The Morgan fingerprint density at radius 1 is 1.45 bits per heavy atom. The molecule has 2 heterocycles. The molecule has 0 aliphatic carbocycles. The van der Waals surface area contributed by atoms with Gasteiger partial charge in [-0.1, -0.05) is 6.42 Å². The monoisotopic (exact) mass is 302 g/mol. The maximum atomic E-state index is 11.9. The highest BCUT2D eigenvalue weighted by atomic mass is 16.5. The number of carbonyl (C=O) groups excluding carboxylic acids is 1. The van der Waals surface area contributed by atoms with Crippen LogP contribution in [-0.4, -0.2) is 35.2 Å². The Morgan fingerprint density at radius 2 is 2.32 bits per heavy atom. The molecule has 0 saturated carbocycles. The van der Waals surface area contributed by atoms with Gasteiger partial charge >= 0.3 is 0 Å². The van der Waals surface area contributed by atoms with E-state index in [4.69, 9.17) is 15.5 Å². The number of nitrogens with one attached hydrogen (secondary N) is 1. The van der Waals surface area contributed by atoms with E-state index in [0.29, 0.717) is 0 Å². The Labute approximate surface area is 129 Å². The number of hydrogen-bond donors (Lipinski definition) is 2. The number of anilines is 1. The van der Waals surface area contributed by atoms with Gasteiger partial charge in [-0.25, -0.2) is 4.98 Å². The standard InChI is InChI=1S/C16H22N4O2/c1-22-10-12(17)16(21)18-11-6-7-14-13(9-11)19-15-5-3-2-4-8-20(14)15/h6-7,9,12H,2-5,8,10,17H2,1H3,(H,18,21). The zero-order valence-electron chi connectivity index (χ0n) is 12.8. The molecule has 1 aliphatic rings. The molecular weight excluding hydrogens is 280 g/mol. The molecule has 1 amide bonds. The van der Waals surface area contributed by atoms with Gasteiger partial charge in [0.2, 0.25) is 5.91 Å². The second-order valence-corrected chi connectivity index (χ2v) is 5.74. The zero-order valence-corrected chi connectivity index (χ0v) is 12.8. The smallest absolute Gasteiger partial charge is 0.243 e. The van der Waals surface area contributed by atoms with Crippen molar-refractivity contribution < 1.29 is 9.53 Å². The predicted octanol–water partition coefficient (Wildman–Crippen LogP) is 1.67. The van der Waals surface area contributed by atoms with Crippen molar-refractivity contribution in [2.24, 2.45) is 5.73 Å². The topological polar surface area (TPSA) is 82.2 Å². The molecule has 22 heavy (non-hydrogen) atoms. The van der Waals surface area contributed by atoms with Crippen molar-refractivity contribution in [1.29, 1.82) is 0 Å². The highest BCUT2D eigenvalue weighted by Crippen LogP contribution is 2.24. The summed E-state index contributed by atoms with van der Waals surface area (Å²) in [7, 11) is 1.53. The van der Waals surface area contributed by atoms with Crippen LogP contribution in [0.1, 0.15) is 25.1 Å². The minimum absolute atomic E-state index is 0.201. The number of nitrogens with two attached hydrogens (primary N) is 1. The van der Waals surface area contributed by atoms with Crippen LogP contribution in [0.4, 0.5) is 5.69 Å². The molecule has 1 aliphatic heterocycles. The SMILES string of the molecule is COCC(N)C(=O)Nc1ccc2c(c1)nc1n2CCCCC1. The molecule has 1 aromatic carbocycles. The van der Waals surface area contributed by atoms with E-state index in [0.717, 1.165) is 35.5 Å². The number of fused-ring (bicyclic) bond motifs is 3. The quantitative estimate of drug-likeness (QED) is 0.900. The Balaban J connectivity index is 1.83. The van der Waals surface area contributed by atoms with E-state index in [9.17, 15) is 4.79 Å². The number of aromatic nitrogens is 2. The molecule has 3 N–H and O–H groups in total. The van der Waals surface area contributed by atoms with Gasteiger partial charge in [-0.3, -0.25) is 4.79 Å². The summed E-state index contributed by atoms with van der Waals surface area (Å²) in [6, 6.07) is 5.17. The first-order valence-electron chi connectivity index (χ1n) is 7.73. The Morgan fingerprint density at radius 3 is 3.14 bits per heavy atom. The summed E-state index contributed by atoms with van der Waals surface area (Å²) in [4.78, 5) is 16.7. The van der Waals surface area contributed by atoms with Crippen LogP contribution >= 0.6 is 0 Å². The summed E-state index contributed by atoms with van der Waals surface area (Å²) in [5, 5.41) is 2.82. The molecule has 2 aromatic rings. The van der Waals surface area contributed by atoms with Crippen LogP contribution in [0.2, 0.25) is 0 Å². The number of rotatable bonds is 4. The van der Waals surface area contributed by atoms with Crippen molar-refractivity contribution in [1.82, 2.24) is 9.55 Å². The number of nitrogens with zero attached hydrogens (tertiary/aromatic N) is 2. The maximum Gasteiger partial charge on any atom is 0.243 e. The van der Waals surface area contributed by atoms with E-state index in [1.165, 1.54) is 26.4 Å². The molecule has 0 bridgehead atoms. The molecule has 0 spiro atoms. The summed E-state index contributed by atoms with van der Waals surface area (Å²) < 4.78 is 7.19. The van der Waals surface area contributed by atoms with Crippen molar-refractivity contribution in [2.75, 3.05) is 19.0 Å². The van der Waals surface area contributed by atoms with Crippen molar-refractivity contribution in [3.8, 4) is 0 Å². The lowest BCUT2D eigenvalue weighted by Gasteiger charge is -2.11. The predicted molar refractivity (Wildman–Crippen MR) is 85.8 cm³/mol. The molecule has 0 radical (unpaired) electrons. The first kappa shape index (κ1) is 15.0. The average Bonchev–Trinajstić information content (AvgIpc) is 2.68. The lowest BCUT2D eigenvalue weighted by atomic mass is 10.2. The summed E-state index contributed by atoms with van der Waals surface area (Å²) >= 11 is 0. The second-order valence-electron chi connectivity index (χ2n) is 5.74. The third-order valence-electron chi connectivity index (χ3n) is 4.06. The minimum Gasteiger partial charge on any atom is -0.383 e. The molecular formula is C16H22N4O2. The molecule has 1 unspecified atom stereocenters. The Bertz CT molecular complexity index is 680. The van der Waals surface area contributed by atoms with Gasteiger partial charge in [0.05, 0.1) is 17.6 Å². The number of carbonyl (C=O) groups is 1. The van der Waals surface area contributed by atoms with E-state index in [1.54, 1.807) is 0 Å². The van der Waals surface area contributed by atoms with Crippen molar-refractivity contribution in [3.05, 3.63) is 24.0 Å². The van der Waals surface area contributed by atoms with E-state index in [1.807, 2.05) is 18.2 Å². The molecule has 1 atom stereocenters. The molecule has 6 heteroatoms. The normalized spacial score (nSPS) is 16.1.